The van der Waals surface area contributed by atoms with Crippen LogP contribution in [-0.2, 0) is 54.3 Å². The van der Waals surface area contributed by atoms with Crippen molar-refractivity contribution in [3.8, 4) is 0 Å². The molecule has 3 fully saturated rings. The highest BCUT2D eigenvalue weighted by Gasteiger charge is 2.56. The summed E-state index contributed by atoms with van der Waals surface area (Å²) in [5.74, 6) is -4.40. The predicted octanol–water partition coefficient (Wildman–Crippen LogP) is 6.73. The van der Waals surface area contributed by atoms with Gasteiger partial charge >= 0.3 is 5.97 Å². The van der Waals surface area contributed by atoms with Gasteiger partial charge in [-0.15, -0.1) is 11.8 Å². The van der Waals surface area contributed by atoms with E-state index in [-0.39, 0.29) is 89.2 Å². The first-order valence-electron chi connectivity index (χ1n) is 27.7. The molecule has 1 saturated carbocycles. The number of aliphatic carboxylic acids is 1. The number of hydrogen-bond acceptors (Lipinski definition) is 11. The Bertz CT molecular complexity index is 2160. The molecule has 1 spiro atoms. The molecule has 428 valence electrons. The van der Waals surface area contributed by atoms with Crippen LogP contribution in [-0.4, -0.2) is 167 Å². The van der Waals surface area contributed by atoms with Crippen LogP contribution >= 0.6 is 11.8 Å². The monoisotopic (exact) mass is 1090 g/mol. The molecule has 10 atom stereocenters. The summed E-state index contributed by atoms with van der Waals surface area (Å²) in [7, 11) is 6.21. The molecule has 17 nitrogen and oxygen atoms in total. The van der Waals surface area contributed by atoms with Gasteiger partial charge in [0.1, 0.15) is 23.9 Å². The number of carboxylic acid groups (broad SMARTS) is 1. The van der Waals surface area contributed by atoms with Crippen molar-refractivity contribution in [1.29, 1.82) is 0 Å². The van der Waals surface area contributed by atoms with Gasteiger partial charge in [0, 0.05) is 60.7 Å². The average molecular weight is 1090 g/mol. The summed E-state index contributed by atoms with van der Waals surface area (Å²) in [6.07, 6.45) is 5.21. The molecule has 0 radical (unpaired) electrons. The number of methoxy groups -OCH3 is 2. The average Bonchev–Trinajstić information content (AvgIpc) is 3.95. The van der Waals surface area contributed by atoms with Gasteiger partial charge in [-0.2, -0.15) is 0 Å². The van der Waals surface area contributed by atoms with Crippen molar-refractivity contribution >= 4 is 59.1 Å². The maximum absolute atomic E-state index is 14.8. The number of unbranched alkanes of at least 4 members (excludes halogenated alkanes) is 2. The third-order valence-corrected chi connectivity index (χ3v) is 17.4. The number of nitrogens with one attached hydrogen (secondary N) is 2. The molecule has 3 N–H and O–H groups in total. The van der Waals surface area contributed by atoms with Crippen LogP contribution in [0.15, 0.2) is 24.3 Å². The zero-order chi connectivity index (χ0) is 56.8. The van der Waals surface area contributed by atoms with E-state index in [1.54, 1.807) is 48.6 Å². The summed E-state index contributed by atoms with van der Waals surface area (Å²) in [5, 5.41) is 15.3. The number of carbonyl (C=O) groups excluding carboxylic acids is 7. The van der Waals surface area contributed by atoms with Crippen molar-refractivity contribution in [3.63, 3.8) is 0 Å². The molecule has 0 bridgehead atoms. The SMILES string of the molecule is CCC(C)[C@@H](C(CC(=O)N1CC2(CC2)C[C@H]1[C@H](OC)[C@@H](C)C(=O)NC(Cc1ccccc1F)C(=O)O)OC)N(C)C(=O)[C@@H](NC(=O)[C@H](C(C)C)N(C)C(=O)CCCCCN1C(=O)CC(SCCCC(C)C)C1=O)C(C)C. The summed E-state index contributed by atoms with van der Waals surface area (Å²) in [6, 6.07) is 1.37. The van der Waals surface area contributed by atoms with Crippen LogP contribution in [0.3, 0.4) is 0 Å². The van der Waals surface area contributed by atoms with Gasteiger partial charge in [-0.1, -0.05) is 99.8 Å². The van der Waals surface area contributed by atoms with Crippen LogP contribution in [0.1, 0.15) is 145 Å². The van der Waals surface area contributed by atoms with Crippen molar-refractivity contribution in [2.24, 2.45) is 35.0 Å². The molecular weight excluding hydrogens is 996 g/mol. The van der Waals surface area contributed by atoms with E-state index in [2.05, 4.69) is 24.5 Å². The summed E-state index contributed by atoms with van der Waals surface area (Å²) in [4.78, 5) is 115. The number of ether oxygens (including phenoxy) is 2. The molecule has 2 heterocycles. The molecule has 2 aliphatic heterocycles. The lowest BCUT2D eigenvalue weighted by Gasteiger charge is -2.41. The Kier molecular flexibility index (Phi) is 24.7. The normalized spacial score (nSPS) is 20.3. The second-order valence-corrected chi connectivity index (χ2v) is 24.3. The molecule has 76 heavy (non-hydrogen) atoms. The highest BCUT2D eigenvalue weighted by molar-refractivity contribution is 8.00. The number of thioether (sulfide) groups is 1. The third kappa shape index (κ3) is 16.9. The summed E-state index contributed by atoms with van der Waals surface area (Å²) < 4.78 is 26.6. The summed E-state index contributed by atoms with van der Waals surface area (Å²) >= 11 is 1.56. The highest BCUT2D eigenvalue weighted by Crippen LogP contribution is 2.56. The van der Waals surface area contributed by atoms with Crippen molar-refractivity contribution in [2.45, 2.75) is 193 Å². The van der Waals surface area contributed by atoms with E-state index in [4.69, 9.17) is 9.47 Å². The molecule has 7 amide bonds. The van der Waals surface area contributed by atoms with Gasteiger partial charge in [-0.25, -0.2) is 9.18 Å². The molecule has 3 aliphatic rings. The van der Waals surface area contributed by atoms with Crippen molar-refractivity contribution in [1.82, 2.24) is 30.2 Å². The van der Waals surface area contributed by atoms with Gasteiger partial charge in [0.05, 0.1) is 41.9 Å². The maximum atomic E-state index is 14.8. The van der Waals surface area contributed by atoms with Crippen molar-refractivity contribution < 1.29 is 57.3 Å². The standard InChI is InChI=1S/C57H91FN6O11S/c1-14-37(8)50(43(74-12)30-46(66)64-33-57(25-26-57)32-42(64)51(75-13)38(9)52(68)59-41(56(72)73)29-39-22-17-18-23-40(39)58)62(11)55(71)48(35(4)5)60-53(69)49(36(6)7)61(10)45(65)24-16-15-19-27-63-47(67)31-44(54(63)70)76-28-20-21-34(2)3/h17-18,22-23,34-38,41-44,48-51H,14-16,19-21,24-33H2,1-13H3,(H,59,68)(H,60,69)(H,72,73)/t37?,38-,41?,42+,43?,44?,48+,49+,50+,51-/m1/s1. The summed E-state index contributed by atoms with van der Waals surface area (Å²) in [5.41, 5.74) is 0.00704. The maximum Gasteiger partial charge on any atom is 0.326 e. The van der Waals surface area contributed by atoms with Crippen LogP contribution in [0.4, 0.5) is 4.39 Å². The minimum Gasteiger partial charge on any atom is -0.480 e. The molecule has 1 aromatic carbocycles. The first kappa shape index (κ1) is 63.9. The minimum atomic E-state index is -1.41. The van der Waals surface area contributed by atoms with Crippen LogP contribution in [0, 0.1) is 40.8 Å². The molecule has 4 rings (SSSR count). The number of likely N-dealkylation sites (N-methyl/N-ethyl adjacent to an activating group) is 2. The van der Waals surface area contributed by atoms with Gasteiger partial charge in [0.25, 0.3) is 0 Å². The Hall–Kier alpha value is -4.62. The lowest BCUT2D eigenvalue weighted by molar-refractivity contribution is -0.149. The largest absolute Gasteiger partial charge is 0.480 e. The molecule has 19 heteroatoms. The number of carboxylic acids is 1. The lowest BCUT2D eigenvalue weighted by Crippen LogP contribution is -2.60. The number of hydrogen-bond donors (Lipinski definition) is 3. The van der Waals surface area contributed by atoms with E-state index in [0.29, 0.717) is 51.1 Å². The second kappa shape index (κ2) is 29.4. The Morgan fingerprint density at radius 3 is 2.12 bits per heavy atom. The van der Waals surface area contributed by atoms with Crippen molar-refractivity contribution in [2.75, 3.05) is 47.2 Å². The molecular formula is C57H91FN6O11S. The molecule has 2 saturated heterocycles. The molecule has 1 aliphatic carbocycles. The predicted molar refractivity (Wildman–Crippen MR) is 291 cm³/mol. The number of rotatable bonds is 32. The Balaban J connectivity index is 1.40. The van der Waals surface area contributed by atoms with Gasteiger partial charge in [0.15, 0.2) is 0 Å². The van der Waals surface area contributed by atoms with Gasteiger partial charge in [-0.3, -0.25) is 38.5 Å². The number of benzene rings is 1. The third-order valence-electron chi connectivity index (χ3n) is 16.1. The van der Waals surface area contributed by atoms with Crippen molar-refractivity contribution in [3.05, 3.63) is 35.6 Å². The molecule has 0 aromatic heterocycles. The van der Waals surface area contributed by atoms with E-state index in [0.717, 1.165) is 31.4 Å². The van der Waals surface area contributed by atoms with E-state index < -0.39 is 71.9 Å². The quantitative estimate of drug-likeness (QED) is 0.0507. The van der Waals surface area contributed by atoms with Crippen LogP contribution < -0.4 is 10.6 Å². The smallest absolute Gasteiger partial charge is 0.326 e. The number of amides is 7. The van der Waals surface area contributed by atoms with Gasteiger partial charge in [-0.05, 0) is 85.0 Å². The first-order valence-corrected chi connectivity index (χ1v) is 28.8. The zero-order valence-electron chi connectivity index (χ0n) is 47.7. The Labute approximate surface area is 456 Å². The highest BCUT2D eigenvalue weighted by atomic mass is 32.2. The van der Waals surface area contributed by atoms with Crippen LogP contribution in [0.2, 0.25) is 0 Å². The van der Waals surface area contributed by atoms with Gasteiger partial charge in [0.2, 0.25) is 41.4 Å². The number of imide groups is 1. The van der Waals surface area contributed by atoms with E-state index >= 15 is 0 Å². The number of carbonyl (C=O) groups is 8. The van der Waals surface area contributed by atoms with Crippen LogP contribution in [0.25, 0.3) is 0 Å². The molecule has 1 aromatic rings. The lowest BCUT2D eigenvalue weighted by atomic mass is 9.89. The van der Waals surface area contributed by atoms with Gasteiger partial charge < -0.3 is 39.9 Å². The second-order valence-electron chi connectivity index (χ2n) is 23.0. The van der Waals surface area contributed by atoms with E-state index in [1.165, 1.54) is 42.2 Å². The van der Waals surface area contributed by atoms with E-state index in [1.807, 2.05) is 41.5 Å². The molecule has 4 unspecified atom stereocenters. The number of likely N-dealkylation sites (tertiary alicyclic amines) is 2. The first-order chi connectivity index (χ1) is 35.8. The fraction of sp³-hybridized carbons (Fsp3) is 0.754. The topological polar surface area (TPSA) is 212 Å². The van der Waals surface area contributed by atoms with E-state index in [9.17, 15) is 47.9 Å². The Morgan fingerprint density at radius 2 is 1.55 bits per heavy atom. The zero-order valence-corrected chi connectivity index (χ0v) is 48.5. The number of nitrogens with zero attached hydrogens (tertiary/aromatic N) is 4. The number of halogens is 1. The summed E-state index contributed by atoms with van der Waals surface area (Å²) in [6.45, 7) is 18.0. The minimum absolute atomic E-state index is 0.107. The fourth-order valence-corrected chi connectivity index (χ4v) is 12.3. The van der Waals surface area contributed by atoms with Crippen LogP contribution in [0.5, 0.6) is 0 Å². The Morgan fingerprint density at radius 1 is 0.882 bits per heavy atom. The fourth-order valence-electron chi connectivity index (χ4n) is 11.1.